The van der Waals surface area contributed by atoms with Crippen LogP contribution in [0.25, 0.3) is 0 Å². The summed E-state index contributed by atoms with van der Waals surface area (Å²) in [6.45, 7) is 10.4. The molecule has 238 valence electrons. The molecule has 6 unspecified atom stereocenters. The maximum atomic E-state index is 13.8. The molecule has 0 radical (unpaired) electrons. The molecule has 2 aliphatic heterocycles. The highest BCUT2D eigenvalue weighted by Crippen LogP contribution is 2.23. The molecule has 2 fully saturated rings. The lowest BCUT2D eigenvalue weighted by molar-refractivity contribution is -0.162. The molecule has 0 aromatic rings. The third-order valence-corrected chi connectivity index (χ3v) is 8.13. The predicted molar refractivity (Wildman–Crippen MR) is 154 cm³/mol. The SMILES string of the molecule is CC(CO)CC1OC(=O)CCNC(=O)C(C)N(C)C(=O)C(C(C)C)N(C)C(=O)C(C(C)C)NC(=O)C2CCCN2C1=O. The van der Waals surface area contributed by atoms with Crippen LogP contribution in [0.1, 0.15) is 67.2 Å². The van der Waals surface area contributed by atoms with Gasteiger partial charge in [-0.2, -0.15) is 0 Å². The summed E-state index contributed by atoms with van der Waals surface area (Å²) in [7, 11) is 2.99. The summed E-state index contributed by atoms with van der Waals surface area (Å²) in [4.78, 5) is 84.1. The highest BCUT2D eigenvalue weighted by molar-refractivity contribution is 5.96. The molecule has 0 saturated carbocycles. The van der Waals surface area contributed by atoms with E-state index < -0.39 is 65.8 Å². The van der Waals surface area contributed by atoms with Gasteiger partial charge in [0.05, 0.1) is 6.42 Å². The van der Waals surface area contributed by atoms with Crippen LogP contribution < -0.4 is 10.6 Å². The monoisotopic (exact) mass is 595 g/mol. The molecule has 0 aromatic carbocycles. The van der Waals surface area contributed by atoms with Crippen molar-refractivity contribution in [2.24, 2.45) is 17.8 Å². The standard InChI is InChI=1S/C29H49N5O8/c1-16(2)23-28(40)33(8)24(17(3)4)29(41)32(7)19(6)25(37)30-12-11-22(36)42-21(14-18(5)15-35)27(39)34-13-9-10-20(34)26(38)31-23/h16-21,23-24,35H,9-15H2,1-8H3,(H,30,37)(H,31,38). The minimum Gasteiger partial charge on any atom is -0.452 e. The molecular formula is C29H49N5O8. The average molecular weight is 596 g/mol. The van der Waals surface area contributed by atoms with Gasteiger partial charge < -0.3 is 35.2 Å². The van der Waals surface area contributed by atoms with E-state index >= 15 is 0 Å². The fraction of sp³-hybridized carbons (Fsp3) is 0.793. The van der Waals surface area contributed by atoms with Gasteiger partial charge in [-0.1, -0.05) is 34.6 Å². The van der Waals surface area contributed by atoms with Gasteiger partial charge in [0.2, 0.25) is 23.6 Å². The van der Waals surface area contributed by atoms with Crippen molar-refractivity contribution in [3.05, 3.63) is 0 Å². The van der Waals surface area contributed by atoms with E-state index in [1.807, 2.05) is 0 Å². The zero-order chi connectivity index (χ0) is 31.9. The molecule has 2 aliphatic rings. The van der Waals surface area contributed by atoms with Gasteiger partial charge in [-0.25, -0.2) is 0 Å². The number of nitrogens with zero attached hydrogens (tertiary/aromatic N) is 3. The fourth-order valence-electron chi connectivity index (χ4n) is 5.37. The van der Waals surface area contributed by atoms with E-state index in [-0.39, 0.29) is 50.3 Å². The number of rotatable bonds is 5. The number of fused-ring (bicyclic) bond motifs is 1. The molecule has 13 heteroatoms. The van der Waals surface area contributed by atoms with Crippen LogP contribution in [0.15, 0.2) is 0 Å². The molecule has 0 spiro atoms. The first-order valence-electron chi connectivity index (χ1n) is 14.8. The maximum Gasteiger partial charge on any atom is 0.308 e. The number of aliphatic hydroxyl groups excluding tert-OH is 1. The number of hydrogen-bond donors (Lipinski definition) is 3. The smallest absolute Gasteiger partial charge is 0.308 e. The highest BCUT2D eigenvalue weighted by Gasteiger charge is 2.42. The minimum atomic E-state index is -1.23. The molecule has 0 bridgehead atoms. The third-order valence-electron chi connectivity index (χ3n) is 8.13. The Bertz CT molecular complexity index is 1020. The molecule has 3 N–H and O–H groups in total. The first kappa shape index (κ1) is 35.0. The Morgan fingerprint density at radius 2 is 1.55 bits per heavy atom. The van der Waals surface area contributed by atoms with Crippen LogP contribution in [0, 0.1) is 17.8 Å². The van der Waals surface area contributed by atoms with Crippen molar-refractivity contribution in [1.29, 1.82) is 0 Å². The van der Waals surface area contributed by atoms with Gasteiger partial charge in [-0.3, -0.25) is 28.8 Å². The molecule has 6 atom stereocenters. The lowest BCUT2D eigenvalue weighted by atomic mass is 9.97. The van der Waals surface area contributed by atoms with Crippen molar-refractivity contribution in [2.45, 2.75) is 97.5 Å². The average Bonchev–Trinajstić information content (AvgIpc) is 3.43. The second kappa shape index (κ2) is 15.3. The van der Waals surface area contributed by atoms with Crippen molar-refractivity contribution in [3.8, 4) is 0 Å². The van der Waals surface area contributed by atoms with Gasteiger partial charge in [0.25, 0.3) is 5.91 Å². The first-order chi connectivity index (χ1) is 19.6. The van der Waals surface area contributed by atoms with E-state index in [4.69, 9.17) is 4.74 Å². The van der Waals surface area contributed by atoms with Crippen LogP contribution in [0.2, 0.25) is 0 Å². The summed E-state index contributed by atoms with van der Waals surface area (Å²) in [6, 6.07) is -3.68. The summed E-state index contributed by atoms with van der Waals surface area (Å²) in [5.74, 6) is -4.19. The number of ether oxygens (including phenoxy) is 1. The lowest BCUT2D eigenvalue weighted by Gasteiger charge is -2.37. The highest BCUT2D eigenvalue weighted by atomic mass is 16.5. The number of cyclic esters (lactones) is 1. The first-order valence-corrected chi connectivity index (χ1v) is 14.8. The van der Waals surface area contributed by atoms with Crippen LogP contribution >= 0.6 is 0 Å². The van der Waals surface area contributed by atoms with Crippen molar-refractivity contribution in [3.63, 3.8) is 0 Å². The zero-order valence-electron chi connectivity index (χ0n) is 26.2. The molecule has 2 rings (SSSR count). The number of esters is 1. The van der Waals surface area contributed by atoms with E-state index in [0.717, 1.165) is 0 Å². The number of carbonyl (C=O) groups excluding carboxylic acids is 6. The van der Waals surface area contributed by atoms with E-state index in [1.54, 1.807) is 41.5 Å². The molecule has 0 aliphatic carbocycles. The Morgan fingerprint density at radius 1 is 0.905 bits per heavy atom. The number of carbonyl (C=O) groups is 6. The van der Waals surface area contributed by atoms with E-state index in [0.29, 0.717) is 12.8 Å². The van der Waals surface area contributed by atoms with Crippen molar-refractivity contribution >= 4 is 35.5 Å². The molecular weight excluding hydrogens is 546 g/mol. The molecule has 42 heavy (non-hydrogen) atoms. The van der Waals surface area contributed by atoms with Gasteiger partial charge in [-0.05, 0) is 43.9 Å². The quantitative estimate of drug-likeness (QED) is 0.371. The fourth-order valence-corrected chi connectivity index (χ4v) is 5.37. The minimum absolute atomic E-state index is 0.0523. The molecule has 5 amide bonds. The Labute approximate surface area is 248 Å². The number of amides is 5. The van der Waals surface area contributed by atoms with Crippen LogP contribution in [0.3, 0.4) is 0 Å². The molecule has 13 nitrogen and oxygen atoms in total. The summed E-state index contributed by atoms with van der Waals surface area (Å²) < 4.78 is 5.53. The predicted octanol–water partition coefficient (Wildman–Crippen LogP) is -0.102. The molecule has 2 heterocycles. The van der Waals surface area contributed by atoms with E-state index in [2.05, 4.69) is 10.6 Å². The number of nitrogens with one attached hydrogen (secondary N) is 2. The van der Waals surface area contributed by atoms with Crippen molar-refractivity contribution in [1.82, 2.24) is 25.3 Å². The van der Waals surface area contributed by atoms with Crippen LogP contribution in [-0.4, -0.2) is 119 Å². The van der Waals surface area contributed by atoms with Crippen LogP contribution in [0.5, 0.6) is 0 Å². The van der Waals surface area contributed by atoms with E-state index in [1.165, 1.54) is 28.8 Å². The van der Waals surface area contributed by atoms with Gasteiger partial charge in [0.15, 0.2) is 6.10 Å². The van der Waals surface area contributed by atoms with Gasteiger partial charge in [0.1, 0.15) is 24.2 Å². The Morgan fingerprint density at radius 3 is 2.12 bits per heavy atom. The molecule has 2 saturated heterocycles. The largest absolute Gasteiger partial charge is 0.452 e. The van der Waals surface area contributed by atoms with E-state index in [9.17, 15) is 33.9 Å². The van der Waals surface area contributed by atoms with Gasteiger partial charge in [-0.15, -0.1) is 0 Å². The van der Waals surface area contributed by atoms with Gasteiger partial charge in [0, 0.05) is 33.8 Å². The second-order valence-electron chi connectivity index (χ2n) is 12.2. The van der Waals surface area contributed by atoms with Gasteiger partial charge >= 0.3 is 5.97 Å². The number of hydrogen-bond acceptors (Lipinski definition) is 8. The third kappa shape index (κ3) is 8.42. The number of aliphatic hydroxyl groups is 1. The topological polar surface area (TPSA) is 166 Å². The Hall–Kier alpha value is -3.22. The normalized spacial score (nSPS) is 28.6. The summed E-state index contributed by atoms with van der Waals surface area (Å²) in [5, 5.41) is 15.0. The lowest BCUT2D eigenvalue weighted by Crippen LogP contribution is -2.60. The Kier molecular flexibility index (Phi) is 12.7. The zero-order valence-corrected chi connectivity index (χ0v) is 26.2. The van der Waals surface area contributed by atoms with Crippen molar-refractivity contribution < 1.29 is 38.6 Å². The van der Waals surface area contributed by atoms with Crippen LogP contribution in [-0.2, 0) is 33.5 Å². The molecule has 0 aromatic heterocycles. The Balaban J connectivity index is 2.51. The summed E-state index contributed by atoms with van der Waals surface area (Å²) >= 11 is 0. The number of likely N-dealkylation sites (N-methyl/N-ethyl adjacent to an activating group) is 2. The van der Waals surface area contributed by atoms with Crippen molar-refractivity contribution in [2.75, 3.05) is 33.8 Å². The van der Waals surface area contributed by atoms with Crippen LogP contribution in [0.4, 0.5) is 0 Å². The summed E-state index contributed by atoms with van der Waals surface area (Å²) in [5.41, 5.74) is 0. The summed E-state index contributed by atoms with van der Waals surface area (Å²) in [6.07, 6.45) is -0.491. The second-order valence-corrected chi connectivity index (χ2v) is 12.2. The maximum absolute atomic E-state index is 13.8.